The lowest BCUT2D eigenvalue weighted by Gasteiger charge is -2.49. The molecule has 5 nitrogen and oxygen atoms in total. The number of ether oxygens (including phenoxy) is 1. The van der Waals surface area contributed by atoms with Crippen molar-refractivity contribution < 1.29 is 9.53 Å². The van der Waals surface area contributed by atoms with Crippen LogP contribution in [0.15, 0.2) is 12.3 Å². The Kier molecular flexibility index (Phi) is 3.70. The Bertz CT molecular complexity index is 489. The topological polar surface area (TPSA) is 55.3 Å². The molecule has 1 unspecified atom stereocenters. The molecule has 0 bridgehead atoms. The number of amides is 1. The maximum absolute atomic E-state index is 12.8. The number of carbonyl (C=O) groups is 1. The Hall–Kier alpha value is -1.49. The number of hydrogen-bond acceptors (Lipinski definition) is 4. The minimum atomic E-state index is -0.105. The molecule has 20 heavy (non-hydrogen) atoms. The lowest BCUT2D eigenvalue weighted by atomic mass is 9.82. The molecule has 2 aliphatic rings. The van der Waals surface area contributed by atoms with Crippen LogP contribution in [0.5, 0.6) is 0 Å². The number of carbonyl (C=O) groups excluding carboxylic acids is 1. The molecule has 108 valence electrons. The molecule has 1 amide bonds. The standard InChI is InChI=1S/C15H21N3O2/c1-12-16-8-5-13(17-12)14(19)18-9-3-2-6-15(18)7-4-10-20-11-15/h5,8H,2-4,6-7,9-11H2,1H3. The summed E-state index contributed by atoms with van der Waals surface area (Å²) in [7, 11) is 0. The molecule has 0 saturated carbocycles. The van der Waals surface area contributed by atoms with Gasteiger partial charge in [0.05, 0.1) is 12.1 Å². The first kappa shape index (κ1) is 13.5. The summed E-state index contributed by atoms with van der Waals surface area (Å²) in [6.07, 6.45) is 7.02. The molecule has 0 aromatic carbocycles. The van der Waals surface area contributed by atoms with E-state index in [0.29, 0.717) is 18.1 Å². The van der Waals surface area contributed by atoms with E-state index < -0.39 is 0 Å². The summed E-state index contributed by atoms with van der Waals surface area (Å²) >= 11 is 0. The van der Waals surface area contributed by atoms with Gasteiger partial charge in [0.25, 0.3) is 5.91 Å². The number of nitrogens with zero attached hydrogens (tertiary/aromatic N) is 3. The molecule has 3 heterocycles. The SMILES string of the molecule is Cc1nccc(C(=O)N2CCCCC23CCCOC3)n1. The van der Waals surface area contributed by atoms with Gasteiger partial charge in [0.15, 0.2) is 0 Å². The van der Waals surface area contributed by atoms with Crippen molar-refractivity contribution in [1.82, 2.24) is 14.9 Å². The first-order chi connectivity index (χ1) is 9.71. The fourth-order valence-electron chi connectivity index (χ4n) is 3.37. The van der Waals surface area contributed by atoms with E-state index in [-0.39, 0.29) is 11.4 Å². The van der Waals surface area contributed by atoms with Gasteiger partial charge in [-0.25, -0.2) is 9.97 Å². The van der Waals surface area contributed by atoms with Crippen LogP contribution in [0, 0.1) is 6.92 Å². The van der Waals surface area contributed by atoms with Crippen LogP contribution in [-0.2, 0) is 4.74 Å². The van der Waals surface area contributed by atoms with Gasteiger partial charge >= 0.3 is 0 Å². The predicted molar refractivity (Wildman–Crippen MR) is 74.4 cm³/mol. The highest BCUT2D eigenvalue weighted by Crippen LogP contribution is 2.36. The Balaban J connectivity index is 1.87. The van der Waals surface area contributed by atoms with Gasteiger partial charge in [0, 0.05) is 19.3 Å². The van der Waals surface area contributed by atoms with Crippen molar-refractivity contribution in [2.75, 3.05) is 19.8 Å². The van der Waals surface area contributed by atoms with Crippen molar-refractivity contribution in [1.29, 1.82) is 0 Å². The second-order valence-electron chi connectivity index (χ2n) is 5.78. The average Bonchev–Trinajstić information content (AvgIpc) is 2.48. The minimum Gasteiger partial charge on any atom is -0.379 e. The monoisotopic (exact) mass is 275 g/mol. The van der Waals surface area contributed by atoms with Crippen LogP contribution in [-0.4, -0.2) is 46.1 Å². The molecule has 2 aliphatic heterocycles. The van der Waals surface area contributed by atoms with Crippen LogP contribution in [0.3, 0.4) is 0 Å². The molecule has 0 aliphatic carbocycles. The van der Waals surface area contributed by atoms with E-state index >= 15 is 0 Å². The smallest absolute Gasteiger partial charge is 0.273 e. The van der Waals surface area contributed by atoms with Gasteiger partial charge in [-0.15, -0.1) is 0 Å². The van der Waals surface area contributed by atoms with E-state index in [1.807, 2.05) is 11.8 Å². The van der Waals surface area contributed by atoms with Crippen molar-refractivity contribution in [3.63, 3.8) is 0 Å². The molecular formula is C15H21N3O2. The van der Waals surface area contributed by atoms with E-state index in [9.17, 15) is 4.79 Å². The highest BCUT2D eigenvalue weighted by atomic mass is 16.5. The van der Waals surface area contributed by atoms with Crippen LogP contribution in [0.4, 0.5) is 0 Å². The second-order valence-corrected chi connectivity index (χ2v) is 5.78. The summed E-state index contributed by atoms with van der Waals surface area (Å²) < 4.78 is 5.68. The molecule has 5 heteroatoms. The summed E-state index contributed by atoms with van der Waals surface area (Å²) in [6.45, 7) is 4.11. The van der Waals surface area contributed by atoms with Crippen molar-refractivity contribution in [3.8, 4) is 0 Å². The maximum Gasteiger partial charge on any atom is 0.273 e. The van der Waals surface area contributed by atoms with Crippen LogP contribution in [0.25, 0.3) is 0 Å². The zero-order valence-electron chi connectivity index (χ0n) is 12.0. The summed E-state index contributed by atoms with van der Waals surface area (Å²) in [6, 6.07) is 1.71. The number of aryl methyl sites for hydroxylation is 1. The molecule has 1 aromatic heterocycles. The van der Waals surface area contributed by atoms with E-state index in [2.05, 4.69) is 9.97 Å². The fourth-order valence-corrected chi connectivity index (χ4v) is 3.37. The van der Waals surface area contributed by atoms with E-state index in [1.165, 1.54) is 6.42 Å². The molecular weight excluding hydrogens is 254 g/mol. The van der Waals surface area contributed by atoms with E-state index in [1.54, 1.807) is 12.3 Å². The van der Waals surface area contributed by atoms with Crippen molar-refractivity contribution in [3.05, 3.63) is 23.8 Å². The summed E-state index contributed by atoms with van der Waals surface area (Å²) in [5.41, 5.74) is 0.399. The van der Waals surface area contributed by atoms with Gasteiger partial charge in [-0.05, 0) is 45.1 Å². The van der Waals surface area contributed by atoms with Gasteiger partial charge in [-0.2, -0.15) is 0 Å². The van der Waals surface area contributed by atoms with Crippen LogP contribution in [0.1, 0.15) is 48.4 Å². The molecule has 1 spiro atoms. The Morgan fingerprint density at radius 2 is 2.20 bits per heavy atom. The molecule has 0 radical (unpaired) electrons. The number of rotatable bonds is 1. The van der Waals surface area contributed by atoms with Gasteiger partial charge in [-0.1, -0.05) is 0 Å². The summed E-state index contributed by atoms with van der Waals surface area (Å²) in [4.78, 5) is 23.2. The Morgan fingerprint density at radius 1 is 1.35 bits per heavy atom. The average molecular weight is 275 g/mol. The van der Waals surface area contributed by atoms with Gasteiger partial charge in [-0.3, -0.25) is 4.79 Å². The lowest BCUT2D eigenvalue weighted by Crippen LogP contribution is -2.58. The van der Waals surface area contributed by atoms with E-state index in [4.69, 9.17) is 4.74 Å². The third-order valence-electron chi connectivity index (χ3n) is 4.39. The quantitative estimate of drug-likeness (QED) is 0.786. The molecule has 1 aromatic rings. The number of likely N-dealkylation sites (tertiary alicyclic amines) is 1. The zero-order valence-corrected chi connectivity index (χ0v) is 12.0. The second kappa shape index (κ2) is 5.48. The molecule has 3 rings (SSSR count). The van der Waals surface area contributed by atoms with Crippen LogP contribution < -0.4 is 0 Å². The Morgan fingerprint density at radius 3 is 2.95 bits per heavy atom. The van der Waals surface area contributed by atoms with Gasteiger partial charge in [0.1, 0.15) is 11.5 Å². The van der Waals surface area contributed by atoms with E-state index in [0.717, 1.165) is 38.8 Å². The first-order valence-electron chi connectivity index (χ1n) is 7.41. The molecule has 2 saturated heterocycles. The minimum absolute atomic E-state index is 0.0284. The normalized spacial score (nSPS) is 26.8. The first-order valence-corrected chi connectivity index (χ1v) is 7.41. The van der Waals surface area contributed by atoms with Crippen LogP contribution in [0.2, 0.25) is 0 Å². The molecule has 0 N–H and O–H groups in total. The predicted octanol–water partition coefficient (Wildman–Crippen LogP) is 1.96. The summed E-state index contributed by atoms with van der Waals surface area (Å²) in [5, 5.41) is 0. The molecule has 1 atom stereocenters. The highest BCUT2D eigenvalue weighted by Gasteiger charge is 2.43. The van der Waals surface area contributed by atoms with Crippen LogP contribution >= 0.6 is 0 Å². The fraction of sp³-hybridized carbons (Fsp3) is 0.667. The number of piperidine rings is 1. The number of aromatic nitrogens is 2. The highest BCUT2D eigenvalue weighted by molar-refractivity contribution is 5.92. The lowest BCUT2D eigenvalue weighted by molar-refractivity contribution is -0.0550. The summed E-state index contributed by atoms with van der Waals surface area (Å²) in [5.74, 6) is 0.669. The Labute approximate surface area is 119 Å². The third kappa shape index (κ3) is 2.42. The van der Waals surface area contributed by atoms with Crippen molar-refractivity contribution in [2.45, 2.75) is 44.6 Å². The van der Waals surface area contributed by atoms with Crippen molar-refractivity contribution in [2.24, 2.45) is 0 Å². The van der Waals surface area contributed by atoms with Crippen molar-refractivity contribution >= 4 is 5.91 Å². The van der Waals surface area contributed by atoms with Gasteiger partial charge < -0.3 is 9.64 Å². The largest absolute Gasteiger partial charge is 0.379 e. The number of hydrogen-bond donors (Lipinski definition) is 0. The zero-order chi connectivity index (χ0) is 14.0. The maximum atomic E-state index is 12.8. The third-order valence-corrected chi connectivity index (χ3v) is 4.39. The molecule has 2 fully saturated rings. The van der Waals surface area contributed by atoms with Gasteiger partial charge in [0.2, 0.25) is 0 Å².